The fraction of sp³-hybridized carbons (Fsp3) is 0.455. The van der Waals surface area contributed by atoms with E-state index in [9.17, 15) is 8.42 Å². The average molecular weight is 296 g/mol. The van der Waals surface area contributed by atoms with Crippen LogP contribution in [0.15, 0.2) is 18.2 Å². The van der Waals surface area contributed by atoms with Crippen LogP contribution in [0.3, 0.4) is 0 Å². The summed E-state index contributed by atoms with van der Waals surface area (Å²) < 4.78 is 26.2. The Bertz CT molecular complexity index is 488. The maximum atomic E-state index is 11.8. The van der Waals surface area contributed by atoms with Gasteiger partial charge in [-0.15, -0.1) is 11.6 Å². The quantitative estimate of drug-likeness (QED) is 0.848. The molecule has 0 radical (unpaired) electrons. The van der Waals surface area contributed by atoms with E-state index in [1.54, 1.807) is 25.1 Å². The molecule has 0 aliphatic heterocycles. The molecule has 1 atom stereocenters. The van der Waals surface area contributed by atoms with Gasteiger partial charge >= 0.3 is 0 Å². The lowest BCUT2D eigenvalue weighted by Gasteiger charge is -2.13. The third-order valence-electron chi connectivity index (χ3n) is 2.23. The molecule has 1 unspecified atom stereocenters. The van der Waals surface area contributed by atoms with Crippen molar-refractivity contribution in [2.45, 2.75) is 13.8 Å². The Kier molecular flexibility index (Phi) is 5.10. The van der Waals surface area contributed by atoms with E-state index in [2.05, 4.69) is 4.72 Å². The first-order valence-corrected chi connectivity index (χ1v) is 7.73. The van der Waals surface area contributed by atoms with E-state index in [1.165, 1.54) is 0 Å². The van der Waals surface area contributed by atoms with Crippen molar-refractivity contribution in [2.24, 2.45) is 5.92 Å². The van der Waals surface area contributed by atoms with Gasteiger partial charge in [0.05, 0.1) is 11.4 Å². The van der Waals surface area contributed by atoms with Gasteiger partial charge in [0, 0.05) is 10.9 Å². The highest BCUT2D eigenvalue weighted by Gasteiger charge is 2.16. The summed E-state index contributed by atoms with van der Waals surface area (Å²) in [6, 6.07) is 5.08. The molecule has 1 rings (SSSR count). The van der Waals surface area contributed by atoms with Gasteiger partial charge < -0.3 is 0 Å². The lowest BCUT2D eigenvalue weighted by molar-refractivity contribution is 0.588. The highest BCUT2D eigenvalue weighted by molar-refractivity contribution is 7.92. The molecule has 1 aromatic carbocycles. The van der Waals surface area contributed by atoms with E-state index in [0.717, 1.165) is 5.56 Å². The van der Waals surface area contributed by atoms with E-state index < -0.39 is 10.0 Å². The Hall–Kier alpha value is -0.450. The van der Waals surface area contributed by atoms with Gasteiger partial charge in [-0.3, -0.25) is 4.72 Å². The lowest BCUT2D eigenvalue weighted by Crippen LogP contribution is -2.22. The van der Waals surface area contributed by atoms with Gasteiger partial charge in [-0.2, -0.15) is 0 Å². The summed E-state index contributed by atoms with van der Waals surface area (Å²) in [7, 11) is -3.38. The molecule has 1 N–H and O–H groups in total. The fourth-order valence-corrected chi connectivity index (χ4v) is 3.25. The number of alkyl halides is 1. The number of aryl methyl sites for hydroxylation is 1. The summed E-state index contributed by atoms with van der Waals surface area (Å²) in [4.78, 5) is 0. The molecule has 0 bridgehead atoms. The predicted octanol–water partition coefficient (Wildman–Crippen LogP) is 3.27. The Morgan fingerprint density at radius 2 is 2.06 bits per heavy atom. The number of anilines is 1. The van der Waals surface area contributed by atoms with E-state index in [-0.39, 0.29) is 11.7 Å². The molecule has 0 aliphatic rings. The van der Waals surface area contributed by atoms with Gasteiger partial charge in [-0.05, 0) is 30.5 Å². The second kappa shape index (κ2) is 5.94. The third-order valence-corrected chi connectivity index (χ3v) is 4.53. The van der Waals surface area contributed by atoms with Crippen molar-refractivity contribution in [1.82, 2.24) is 0 Å². The summed E-state index contributed by atoms with van der Waals surface area (Å²) in [6.07, 6.45) is 0. The first-order chi connectivity index (χ1) is 7.84. The Labute approximate surface area is 112 Å². The topological polar surface area (TPSA) is 46.2 Å². The maximum Gasteiger partial charge on any atom is 0.233 e. The molecule has 0 heterocycles. The predicted molar refractivity (Wildman–Crippen MR) is 73.5 cm³/mol. The van der Waals surface area contributed by atoms with Crippen LogP contribution in [0.1, 0.15) is 12.5 Å². The summed E-state index contributed by atoms with van der Waals surface area (Å²) in [5.74, 6) is 0.228. The number of benzene rings is 1. The second-order valence-electron chi connectivity index (χ2n) is 4.10. The summed E-state index contributed by atoms with van der Waals surface area (Å²) in [5.41, 5.74) is 1.34. The molecule has 1 aromatic rings. The summed E-state index contributed by atoms with van der Waals surface area (Å²) in [5, 5.41) is 0.499. The molecule has 96 valence electrons. The van der Waals surface area contributed by atoms with Gasteiger partial charge in [-0.1, -0.05) is 24.6 Å². The minimum atomic E-state index is -3.38. The van der Waals surface area contributed by atoms with Crippen LogP contribution in [-0.2, 0) is 10.0 Å². The Morgan fingerprint density at radius 1 is 1.41 bits per heavy atom. The molecule has 0 saturated carbocycles. The number of hydrogen-bond donors (Lipinski definition) is 1. The molecule has 0 saturated heterocycles. The SMILES string of the molecule is Cc1ccc(Cl)cc1NS(=O)(=O)CC(C)CCl. The van der Waals surface area contributed by atoms with Crippen LogP contribution in [0, 0.1) is 12.8 Å². The van der Waals surface area contributed by atoms with Gasteiger partial charge in [0.2, 0.25) is 10.0 Å². The van der Waals surface area contributed by atoms with Gasteiger partial charge in [0.25, 0.3) is 0 Å². The van der Waals surface area contributed by atoms with Crippen molar-refractivity contribution >= 4 is 38.9 Å². The molecule has 0 aromatic heterocycles. The van der Waals surface area contributed by atoms with Gasteiger partial charge in [-0.25, -0.2) is 8.42 Å². The van der Waals surface area contributed by atoms with Crippen LogP contribution >= 0.6 is 23.2 Å². The fourth-order valence-electron chi connectivity index (χ4n) is 1.33. The van der Waals surface area contributed by atoms with Crippen molar-refractivity contribution in [3.05, 3.63) is 28.8 Å². The number of nitrogens with one attached hydrogen (secondary N) is 1. The van der Waals surface area contributed by atoms with Crippen LogP contribution < -0.4 is 4.72 Å². The third kappa shape index (κ3) is 4.74. The monoisotopic (exact) mass is 295 g/mol. The van der Waals surface area contributed by atoms with Crippen molar-refractivity contribution in [2.75, 3.05) is 16.4 Å². The maximum absolute atomic E-state index is 11.8. The van der Waals surface area contributed by atoms with Gasteiger partial charge in [0.1, 0.15) is 0 Å². The van der Waals surface area contributed by atoms with Crippen LogP contribution in [-0.4, -0.2) is 20.1 Å². The smallest absolute Gasteiger partial charge is 0.233 e. The van der Waals surface area contributed by atoms with Crippen LogP contribution in [0.5, 0.6) is 0 Å². The van der Waals surface area contributed by atoms with Crippen molar-refractivity contribution in [3.63, 3.8) is 0 Å². The van der Waals surface area contributed by atoms with E-state index >= 15 is 0 Å². The number of hydrogen-bond acceptors (Lipinski definition) is 2. The van der Waals surface area contributed by atoms with Gasteiger partial charge in [0.15, 0.2) is 0 Å². The zero-order chi connectivity index (χ0) is 13.1. The Morgan fingerprint density at radius 3 is 2.65 bits per heavy atom. The van der Waals surface area contributed by atoms with Crippen LogP contribution in [0.4, 0.5) is 5.69 Å². The van der Waals surface area contributed by atoms with E-state index in [0.29, 0.717) is 16.6 Å². The van der Waals surface area contributed by atoms with E-state index in [1.807, 2.05) is 6.92 Å². The Balaban J connectivity index is 2.86. The zero-order valence-corrected chi connectivity index (χ0v) is 12.0. The molecule has 0 amide bonds. The molecule has 0 aliphatic carbocycles. The second-order valence-corrected chi connectivity index (χ2v) is 6.61. The molecule has 6 heteroatoms. The van der Waals surface area contributed by atoms with Crippen molar-refractivity contribution in [1.29, 1.82) is 0 Å². The van der Waals surface area contributed by atoms with Crippen LogP contribution in [0.2, 0.25) is 5.02 Å². The first-order valence-electron chi connectivity index (χ1n) is 5.16. The van der Waals surface area contributed by atoms with Crippen molar-refractivity contribution < 1.29 is 8.42 Å². The number of rotatable bonds is 5. The van der Waals surface area contributed by atoms with Crippen LogP contribution in [0.25, 0.3) is 0 Å². The molecule has 17 heavy (non-hydrogen) atoms. The number of sulfonamides is 1. The first kappa shape index (κ1) is 14.6. The van der Waals surface area contributed by atoms with E-state index in [4.69, 9.17) is 23.2 Å². The largest absolute Gasteiger partial charge is 0.283 e. The molecule has 0 spiro atoms. The average Bonchev–Trinajstić information content (AvgIpc) is 2.22. The normalized spacial score (nSPS) is 13.4. The highest BCUT2D eigenvalue weighted by atomic mass is 35.5. The number of halogens is 2. The van der Waals surface area contributed by atoms with Crippen molar-refractivity contribution in [3.8, 4) is 0 Å². The minimum Gasteiger partial charge on any atom is -0.283 e. The molecule has 3 nitrogen and oxygen atoms in total. The molecular formula is C11H15Cl2NO2S. The minimum absolute atomic E-state index is 0.00243. The molecular weight excluding hydrogens is 281 g/mol. The standard InChI is InChI=1S/C11H15Cl2NO2S/c1-8(6-12)7-17(15,16)14-11-5-10(13)4-3-9(11)2/h3-5,8,14H,6-7H2,1-2H3. The molecule has 0 fully saturated rings. The zero-order valence-electron chi connectivity index (χ0n) is 9.70. The summed E-state index contributed by atoms with van der Waals surface area (Å²) >= 11 is 11.4. The summed E-state index contributed by atoms with van der Waals surface area (Å²) in [6.45, 7) is 3.61. The lowest BCUT2D eigenvalue weighted by atomic mass is 10.2. The highest BCUT2D eigenvalue weighted by Crippen LogP contribution is 2.21.